The number of carbonyl (C=O) groups excluding carboxylic acids is 3. The van der Waals surface area contributed by atoms with Crippen molar-refractivity contribution < 1.29 is 23.9 Å². The molecule has 2 amide bonds. The standard InChI is InChI=1S/C22H15NO5/c1-27-16-9-11-17(12-10-16)28-22(26)14-5-4-6-15(13-14)23-20(24)18-7-2-3-8-19(18)21(23)25/h2-13H,1H3. The first kappa shape index (κ1) is 17.5. The van der Waals surface area contributed by atoms with Crippen molar-refractivity contribution in [3.05, 3.63) is 89.5 Å². The summed E-state index contributed by atoms with van der Waals surface area (Å²) in [5.41, 5.74) is 1.23. The van der Waals surface area contributed by atoms with E-state index in [-0.39, 0.29) is 5.56 Å². The van der Waals surface area contributed by atoms with Gasteiger partial charge in [0.15, 0.2) is 0 Å². The highest BCUT2D eigenvalue weighted by atomic mass is 16.5. The second kappa shape index (κ2) is 7.00. The number of rotatable bonds is 4. The van der Waals surface area contributed by atoms with Crippen LogP contribution in [0.1, 0.15) is 31.1 Å². The maximum absolute atomic E-state index is 12.6. The molecule has 138 valence electrons. The van der Waals surface area contributed by atoms with Crippen LogP contribution in [0.5, 0.6) is 11.5 Å². The molecule has 0 N–H and O–H groups in total. The van der Waals surface area contributed by atoms with Crippen molar-refractivity contribution in [2.45, 2.75) is 0 Å². The Hall–Kier alpha value is -3.93. The molecule has 28 heavy (non-hydrogen) atoms. The number of benzene rings is 3. The summed E-state index contributed by atoms with van der Waals surface area (Å²) >= 11 is 0. The fraction of sp³-hybridized carbons (Fsp3) is 0.0455. The maximum Gasteiger partial charge on any atom is 0.343 e. The van der Waals surface area contributed by atoms with Crippen LogP contribution in [0.25, 0.3) is 0 Å². The van der Waals surface area contributed by atoms with Gasteiger partial charge in [0.25, 0.3) is 11.8 Å². The van der Waals surface area contributed by atoms with Gasteiger partial charge in [0.2, 0.25) is 0 Å². The molecule has 3 aromatic rings. The molecule has 1 aliphatic heterocycles. The minimum absolute atomic E-state index is 0.227. The number of fused-ring (bicyclic) bond motifs is 1. The van der Waals surface area contributed by atoms with Crippen LogP contribution in [-0.4, -0.2) is 24.9 Å². The van der Waals surface area contributed by atoms with Gasteiger partial charge in [-0.3, -0.25) is 9.59 Å². The molecule has 0 saturated heterocycles. The predicted molar refractivity (Wildman–Crippen MR) is 102 cm³/mol. The minimum Gasteiger partial charge on any atom is -0.497 e. The second-order valence-corrected chi connectivity index (χ2v) is 6.11. The Kier molecular flexibility index (Phi) is 4.37. The van der Waals surface area contributed by atoms with E-state index in [4.69, 9.17) is 9.47 Å². The van der Waals surface area contributed by atoms with E-state index in [1.165, 1.54) is 6.07 Å². The van der Waals surface area contributed by atoms with Crippen molar-refractivity contribution in [1.82, 2.24) is 0 Å². The number of hydrogen-bond donors (Lipinski definition) is 0. The van der Waals surface area contributed by atoms with Gasteiger partial charge in [-0.15, -0.1) is 0 Å². The molecule has 6 nitrogen and oxygen atoms in total. The average molecular weight is 373 g/mol. The first-order chi connectivity index (χ1) is 13.6. The summed E-state index contributed by atoms with van der Waals surface area (Å²) < 4.78 is 10.4. The molecule has 0 unspecified atom stereocenters. The number of esters is 1. The molecule has 4 rings (SSSR count). The van der Waals surface area contributed by atoms with Crippen LogP contribution >= 0.6 is 0 Å². The SMILES string of the molecule is COc1ccc(OC(=O)c2cccc(N3C(=O)c4ccccc4C3=O)c2)cc1. The molecule has 3 aromatic carbocycles. The summed E-state index contributed by atoms with van der Waals surface area (Å²) in [6.07, 6.45) is 0. The van der Waals surface area contributed by atoms with Crippen LogP contribution in [0, 0.1) is 0 Å². The summed E-state index contributed by atoms with van der Waals surface area (Å²) in [6, 6.07) is 19.4. The summed E-state index contributed by atoms with van der Waals surface area (Å²) in [7, 11) is 1.55. The van der Waals surface area contributed by atoms with Crippen LogP contribution in [0.15, 0.2) is 72.8 Å². The topological polar surface area (TPSA) is 72.9 Å². The molecule has 0 aliphatic carbocycles. The van der Waals surface area contributed by atoms with Gasteiger partial charge in [-0.1, -0.05) is 18.2 Å². The van der Waals surface area contributed by atoms with Gasteiger partial charge in [0, 0.05) is 0 Å². The smallest absolute Gasteiger partial charge is 0.343 e. The Morgan fingerprint density at radius 2 is 1.39 bits per heavy atom. The van der Waals surface area contributed by atoms with E-state index in [1.807, 2.05) is 0 Å². The van der Waals surface area contributed by atoms with Crippen LogP contribution in [0.2, 0.25) is 0 Å². The van der Waals surface area contributed by atoms with Gasteiger partial charge < -0.3 is 9.47 Å². The van der Waals surface area contributed by atoms with E-state index < -0.39 is 17.8 Å². The van der Waals surface area contributed by atoms with Crippen molar-refractivity contribution in [2.75, 3.05) is 12.0 Å². The number of anilines is 1. The Labute approximate surface area is 160 Å². The normalized spacial score (nSPS) is 12.7. The third kappa shape index (κ3) is 3.01. The van der Waals surface area contributed by atoms with Crippen LogP contribution in [0.3, 0.4) is 0 Å². The molecule has 0 spiro atoms. The Morgan fingerprint density at radius 1 is 0.786 bits per heavy atom. The summed E-state index contributed by atoms with van der Waals surface area (Å²) in [5.74, 6) is -0.421. The predicted octanol–water partition coefficient (Wildman–Crippen LogP) is 3.72. The van der Waals surface area contributed by atoms with E-state index in [2.05, 4.69) is 0 Å². The third-order valence-electron chi connectivity index (χ3n) is 4.40. The first-order valence-corrected chi connectivity index (χ1v) is 8.52. The molecule has 0 fully saturated rings. The van der Waals surface area contributed by atoms with E-state index >= 15 is 0 Å². The number of nitrogens with zero attached hydrogens (tertiary/aromatic N) is 1. The van der Waals surface area contributed by atoms with Gasteiger partial charge >= 0.3 is 5.97 Å². The van der Waals surface area contributed by atoms with Crippen LogP contribution < -0.4 is 14.4 Å². The number of methoxy groups -OCH3 is 1. The molecule has 0 radical (unpaired) electrons. The largest absolute Gasteiger partial charge is 0.497 e. The van der Waals surface area contributed by atoms with Crippen LogP contribution in [-0.2, 0) is 0 Å². The van der Waals surface area contributed by atoms with E-state index in [0.717, 1.165) is 4.90 Å². The van der Waals surface area contributed by atoms with Gasteiger partial charge in [0.05, 0.1) is 29.5 Å². The number of amides is 2. The number of imide groups is 1. The monoisotopic (exact) mass is 373 g/mol. The average Bonchev–Trinajstić information content (AvgIpc) is 2.99. The fourth-order valence-corrected chi connectivity index (χ4v) is 3.01. The lowest BCUT2D eigenvalue weighted by Crippen LogP contribution is -2.29. The zero-order valence-electron chi connectivity index (χ0n) is 14.9. The molecule has 0 saturated carbocycles. The first-order valence-electron chi connectivity index (χ1n) is 8.52. The second-order valence-electron chi connectivity index (χ2n) is 6.11. The Bertz CT molecular complexity index is 1050. The highest BCUT2D eigenvalue weighted by Gasteiger charge is 2.36. The molecule has 0 atom stereocenters. The summed E-state index contributed by atoms with van der Waals surface area (Å²) in [5, 5.41) is 0. The molecule has 0 aromatic heterocycles. The maximum atomic E-state index is 12.6. The molecular weight excluding hydrogens is 358 g/mol. The van der Waals surface area contributed by atoms with E-state index in [9.17, 15) is 14.4 Å². The third-order valence-corrected chi connectivity index (χ3v) is 4.40. The quantitative estimate of drug-likeness (QED) is 0.396. The van der Waals surface area contributed by atoms with E-state index in [0.29, 0.717) is 28.3 Å². The fourth-order valence-electron chi connectivity index (χ4n) is 3.01. The summed E-state index contributed by atoms with van der Waals surface area (Å²) in [4.78, 5) is 38.8. The zero-order chi connectivity index (χ0) is 19.7. The molecular formula is C22H15NO5. The summed E-state index contributed by atoms with van der Waals surface area (Å²) in [6.45, 7) is 0. The zero-order valence-corrected chi connectivity index (χ0v) is 14.9. The number of ether oxygens (including phenoxy) is 2. The Morgan fingerprint density at radius 3 is 2.00 bits per heavy atom. The number of carbonyl (C=O) groups is 3. The van der Waals surface area contributed by atoms with Crippen molar-refractivity contribution in [3.8, 4) is 11.5 Å². The lowest BCUT2D eigenvalue weighted by molar-refractivity contribution is 0.0733. The molecule has 1 heterocycles. The lowest BCUT2D eigenvalue weighted by Gasteiger charge is -2.14. The molecule has 1 aliphatic rings. The van der Waals surface area contributed by atoms with Crippen LogP contribution in [0.4, 0.5) is 5.69 Å². The minimum atomic E-state index is -0.594. The Balaban J connectivity index is 1.59. The van der Waals surface area contributed by atoms with Gasteiger partial charge in [-0.25, -0.2) is 9.69 Å². The van der Waals surface area contributed by atoms with Crippen molar-refractivity contribution in [2.24, 2.45) is 0 Å². The highest BCUT2D eigenvalue weighted by molar-refractivity contribution is 6.34. The van der Waals surface area contributed by atoms with Gasteiger partial charge in [-0.2, -0.15) is 0 Å². The highest BCUT2D eigenvalue weighted by Crippen LogP contribution is 2.29. The van der Waals surface area contributed by atoms with Crippen molar-refractivity contribution in [1.29, 1.82) is 0 Å². The van der Waals surface area contributed by atoms with Crippen molar-refractivity contribution in [3.63, 3.8) is 0 Å². The molecule has 0 bridgehead atoms. The van der Waals surface area contributed by atoms with Gasteiger partial charge in [0.1, 0.15) is 11.5 Å². The van der Waals surface area contributed by atoms with Crippen molar-refractivity contribution >= 4 is 23.5 Å². The van der Waals surface area contributed by atoms with E-state index in [1.54, 1.807) is 73.8 Å². The number of hydrogen-bond acceptors (Lipinski definition) is 5. The van der Waals surface area contributed by atoms with Gasteiger partial charge in [-0.05, 0) is 54.6 Å². The molecule has 6 heteroatoms. The lowest BCUT2D eigenvalue weighted by atomic mass is 10.1.